The van der Waals surface area contributed by atoms with E-state index in [0.717, 1.165) is 22.1 Å². The number of likely N-dealkylation sites (tertiary alicyclic amines) is 1. The van der Waals surface area contributed by atoms with Crippen LogP contribution in [0.15, 0.2) is 3.92 Å². The van der Waals surface area contributed by atoms with Crippen molar-refractivity contribution in [2.24, 2.45) is 0 Å². The standard InChI is InChI=1S/C10H17BrN4S/c1-3-15-6-4-5-8(15)7-14(2)10-13-12-9(11)16-10/h8H,3-7H2,1-2H3. The lowest BCUT2D eigenvalue weighted by molar-refractivity contribution is 0.270. The van der Waals surface area contributed by atoms with E-state index in [0.29, 0.717) is 6.04 Å². The SMILES string of the molecule is CCN1CCCC1CN(C)c1nnc(Br)s1. The van der Waals surface area contributed by atoms with Crippen LogP contribution < -0.4 is 4.90 Å². The van der Waals surface area contributed by atoms with E-state index in [-0.39, 0.29) is 0 Å². The van der Waals surface area contributed by atoms with Crippen molar-refractivity contribution in [1.82, 2.24) is 15.1 Å². The minimum atomic E-state index is 0.678. The summed E-state index contributed by atoms with van der Waals surface area (Å²) in [5, 5.41) is 9.11. The highest BCUT2D eigenvalue weighted by Crippen LogP contribution is 2.25. The number of hydrogen-bond acceptors (Lipinski definition) is 5. The maximum absolute atomic E-state index is 4.14. The van der Waals surface area contributed by atoms with Crippen molar-refractivity contribution in [3.63, 3.8) is 0 Å². The molecule has 1 fully saturated rings. The van der Waals surface area contributed by atoms with Gasteiger partial charge in [0.05, 0.1) is 0 Å². The monoisotopic (exact) mass is 304 g/mol. The summed E-state index contributed by atoms with van der Waals surface area (Å²) >= 11 is 4.94. The van der Waals surface area contributed by atoms with E-state index in [1.807, 2.05) is 0 Å². The van der Waals surface area contributed by atoms with Crippen molar-refractivity contribution < 1.29 is 0 Å². The van der Waals surface area contributed by atoms with E-state index in [1.54, 1.807) is 11.3 Å². The van der Waals surface area contributed by atoms with Gasteiger partial charge in [0.1, 0.15) is 0 Å². The largest absolute Gasteiger partial charge is 0.348 e. The maximum atomic E-state index is 4.14. The quantitative estimate of drug-likeness (QED) is 0.854. The summed E-state index contributed by atoms with van der Waals surface area (Å²) in [5.74, 6) is 0. The van der Waals surface area contributed by atoms with Crippen LogP contribution in [0.25, 0.3) is 0 Å². The third-order valence-electron chi connectivity index (χ3n) is 3.11. The highest BCUT2D eigenvalue weighted by Gasteiger charge is 2.24. The van der Waals surface area contributed by atoms with Gasteiger partial charge in [0.15, 0.2) is 3.92 Å². The second kappa shape index (κ2) is 5.42. The Morgan fingerprint density at radius 3 is 3.00 bits per heavy atom. The second-order valence-electron chi connectivity index (χ2n) is 4.14. The van der Waals surface area contributed by atoms with Crippen LogP contribution in [0.3, 0.4) is 0 Å². The number of rotatable bonds is 4. The zero-order chi connectivity index (χ0) is 11.5. The summed E-state index contributed by atoms with van der Waals surface area (Å²) in [4.78, 5) is 4.76. The van der Waals surface area contributed by atoms with Gasteiger partial charge in [0, 0.05) is 19.6 Å². The van der Waals surface area contributed by atoms with Crippen molar-refractivity contribution in [2.45, 2.75) is 25.8 Å². The van der Waals surface area contributed by atoms with E-state index in [4.69, 9.17) is 0 Å². The predicted octanol–water partition coefficient (Wildman–Crippen LogP) is 2.22. The summed E-state index contributed by atoms with van der Waals surface area (Å²) in [7, 11) is 2.10. The first kappa shape index (κ1) is 12.3. The molecule has 1 aliphatic rings. The number of halogens is 1. The van der Waals surface area contributed by atoms with Gasteiger partial charge in [-0.05, 0) is 41.9 Å². The van der Waals surface area contributed by atoms with Gasteiger partial charge in [-0.15, -0.1) is 10.2 Å². The molecule has 2 heterocycles. The molecule has 1 aliphatic heterocycles. The van der Waals surface area contributed by atoms with Crippen LogP contribution in [0.2, 0.25) is 0 Å². The fourth-order valence-corrected chi connectivity index (χ4v) is 3.32. The van der Waals surface area contributed by atoms with Gasteiger partial charge in [-0.3, -0.25) is 4.90 Å². The van der Waals surface area contributed by atoms with Crippen LogP contribution in [-0.2, 0) is 0 Å². The Morgan fingerprint density at radius 1 is 1.56 bits per heavy atom. The van der Waals surface area contributed by atoms with Crippen molar-refractivity contribution in [3.8, 4) is 0 Å². The van der Waals surface area contributed by atoms with Crippen LogP contribution in [0.4, 0.5) is 5.13 Å². The van der Waals surface area contributed by atoms with Gasteiger partial charge in [-0.2, -0.15) is 0 Å². The number of nitrogens with zero attached hydrogens (tertiary/aromatic N) is 4. The summed E-state index contributed by atoms with van der Waals surface area (Å²) in [6, 6.07) is 0.678. The average molecular weight is 305 g/mol. The van der Waals surface area contributed by atoms with Gasteiger partial charge in [0.2, 0.25) is 5.13 Å². The molecule has 1 aromatic rings. The predicted molar refractivity (Wildman–Crippen MR) is 71.1 cm³/mol. The molecule has 0 aliphatic carbocycles. The highest BCUT2D eigenvalue weighted by atomic mass is 79.9. The van der Waals surface area contributed by atoms with Crippen LogP contribution >= 0.6 is 27.3 Å². The Morgan fingerprint density at radius 2 is 2.38 bits per heavy atom. The minimum absolute atomic E-state index is 0.678. The summed E-state index contributed by atoms with van der Waals surface area (Å²) in [6.07, 6.45) is 2.63. The fraction of sp³-hybridized carbons (Fsp3) is 0.800. The van der Waals surface area contributed by atoms with Gasteiger partial charge in [-0.1, -0.05) is 18.3 Å². The van der Waals surface area contributed by atoms with Crippen LogP contribution in [0.1, 0.15) is 19.8 Å². The number of anilines is 1. The number of hydrogen-bond donors (Lipinski definition) is 0. The minimum Gasteiger partial charge on any atom is -0.348 e. The molecular formula is C10H17BrN4S. The third-order valence-corrected chi connectivity index (χ3v) is 4.58. The Labute approximate surface area is 109 Å². The topological polar surface area (TPSA) is 32.3 Å². The summed E-state index contributed by atoms with van der Waals surface area (Å²) in [6.45, 7) is 5.68. The van der Waals surface area contributed by atoms with E-state index in [2.05, 4.69) is 49.9 Å². The third kappa shape index (κ3) is 2.73. The first-order chi connectivity index (χ1) is 7.70. The van der Waals surface area contributed by atoms with E-state index >= 15 is 0 Å². The lowest BCUT2D eigenvalue weighted by atomic mass is 10.2. The van der Waals surface area contributed by atoms with Crippen molar-refractivity contribution >= 4 is 32.4 Å². The molecule has 0 spiro atoms. The Bertz CT molecular complexity index is 343. The molecule has 0 bridgehead atoms. The van der Waals surface area contributed by atoms with Crippen molar-refractivity contribution in [1.29, 1.82) is 0 Å². The van der Waals surface area contributed by atoms with Crippen LogP contribution in [-0.4, -0.2) is 47.8 Å². The van der Waals surface area contributed by atoms with E-state index in [1.165, 1.54) is 19.4 Å². The molecule has 6 heteroatoms. The molecule has 2 rings (SSSR count). The molecule has 1 saturated heterocycles. The lowest BCUT2D eigenvalue weighted by Gasteiger charge is -2.27. The molecule has 1 unspecified atom stereocenters. The first-order valence-corrected chi connectivity index (χ1v) is 7.26. The number of likely N-dealkylation sites (N-methyl/N-ethyl adjacent to an activating group) is 2. The zero-order valence-electron chi connectivity index (χ0n) is 9.69. The van der Waals surface area contributed by atoms with Gasteiger partial charge in [0.25, 0.3) is 0 Å². The van der Waals surface area contributed by atoms with Gasteiger partial charge < -0.3 is 4.90 Å². The van der Waals surface area contributed by atoms with E-state index < -0.39 is 0 Å². The van der Waals surface area contributed by atoms with Gasteiger partial charge in [-0.25, -0.2) is 0 Å². The Hall–Kier alpha value is -0.200. The molecule has 4 nitrogen and oxygen atoms in total. The highest BCUT2D eigenvalue weighted by molar-refractivity contribution is 9.11. The zero-order valence-corrected chi connectivity index (χ0v) is 12.1. The number of aromatic nitrogens is 2. The smallest absolute Gasteiger partial charge is 0.208 e. The summed E-state index contributed by atoms with van der Waals surface area (Å²) < 4.78 is 0.855. The van der Waals surface area contributed by atoms with E-state index in [9.17, 15) is 0 Å². The fourth-order valence-electron chi connectivity index (χ4n) is 2.26. The molecule has 0 radical (unpaired) electrons. The van der Waals surface area contributed by atoms with Crippen LogP contribution in [0.5, 0.6) is 0 Å². The second-order valence-corrected chi connectivity index (χ2v) is 6.37. The molecule has 16 heavy (non-hydrogen) atoms. The first-order valence-electron chi connectivity index (χ1n) is 5.65. The molecule has 0 N–H and O–H groups in total. The normalized spacial score (nSPS) is 21.6. The molecule has 0 aromatic carbocycles. The molecular weight excluding hydrogens is 288 g/mol. The molecule has 1 atom stereocenters. The summed E-state index contributed by atoms with van der Waals surface area (Å²) in [5.41, 5.74) is 0. The molecule has 0 saturated carbocycles. The molecule has 0 amide bonds. The Balaban J connectivity index is 1.94. The average Bonchev–Trinajstić information content (AvgIpc) is 2.86. The lowest BCUT2D eigenvalue weighted by Crippen LogP contribution is -2.38. The van der Waals surface area contributed by atoms with Gasteiger partial charge >= 0.3 is 0 Å². The molecule has 1 aromatic heterocycles. The maximum Gasteiger partial charge on any atom is 0.208 e. The molecule has 90 valence electrons. The Kier molecular flexibility index (Phi) is 4.16. The van der Waals surface area contributed by atoms with Crippen molar-refractivity contribution in [3.05, 3.63) is 3.92 Å². The van der Waals surface area contributed by atoms with Crippen molar-refractivity contribution in [2.75, 3.05) is 31.6 Å². The van der Waals surface area contributed by atoms with Crippen LogP contribution in [0, 0.1) is 0 Å².